The summed E-state index contributed by atoms with van der Waals surface area (Å²) in [7, 11) is 0. The molecule has 1 aromatic heterocycles. The van der Waals surface area contributed by atoms with Crippen molar-refractivity contribution in [3.8, 4) is 5.75 Å². The van der Waals surface area contributed by atoms with Crippen molar-refractivity contribution in [2.75, 3.05) is 0 Å². The lowest BCUT2D eigenvalue weighted by Gasteiger charge is -2.09. The molecule has 5 nitrogen and oxygen atoms in total. The van der Waals surface area contributed by atoms with Crippen molar-refractivity contribution in [3.63, 3.8) is 0 Å². The summed E-state index contributed by atoms with van der Waals surface area (Å²) >= 11 is 0. The zero-order valence-electron chi connectivity index (χ0n) is 11.9. The Morgan fingerprint density at radius 1 is 1.10 bits per heavy atom. The molecule has 0 amide bonds. The molecule has 106 valence electrons. The van der Waals surface area contributed by atoms with E-state index >= 15 is 0 Å². The van der Waals surface area contributed by atoms with Gasteiger partial charge in [0.05, 0.1) is 11.6 Å². The van der Waals surface area contributed by atoms with Crippen LogP contribution in [0.5, 0.6) is 5.75 Å². The normalized spacial score (nSPS) is 11.0. The number of rotatable bonds is 3. The van der Waals surface area contributed by atoms with E-state index in [2.05, 4.69) is 10.3 Å². The van der Waals surface area contributed by atoms with Gasteiger partial charge >= 0.3 is 0 Å². The monoisotopic (exact) mass is 281 g/mol. The fraction of sp³-hybridized carbons (Fsp3) is 0.188. The minimum atomic E-state index is -0.209. The van der Waals surface area contributed by atoms with Crippen molar-refractivity contribution in [2.24, 2.45) is 0 Å². The van der Waals surface area contributed by atoms with Crippen LogP contribution in [0.3, 0.4) is 0 Å². The van der Waals surface area contributed by atoms with Crippen LogP contribution in [0.15, 0.2) is 48.5 Å². The number of nitrogens with zero attached hydrogens (tertiary/aromatic N) is 3. The van der Waals surface area contributed by atoms with Crippen LogP contribution in [0.25, 0.3) is 11.0 Å². The van der Waals surface area contributed by atoms with E-state index in [1.54, 1.807) is 24.3 Å². The average Bonchev–Trinajstić information content (AvgIpc) is 2.90. The summed E-state index contributed by atoms with van der Waals surface area (Å²) in [4.78, 5) is 12.5. The Labute approximate surface area is 122 Å². The first-order chi connectivity index (χ1) is 10.1. The van der Waals surface area contributed by atoms with Crippen LogP contribution in [-0.2, 0) is 0 Å². The van der Waals surface area contributed by atoms with Gasteiger partial charge in [-0.2, -0.15) is 4.68 Å². The first-order valence-electron chi connectivity index (χ1n) is 6.77. The van der Waals surface area contributed by atoms with Crippen molar-refractivity contribution in [1.82, 2.24) is 15.0 Å². The van der Waals surface area contributed by atoms with Gasteiger partial charge in [-0.15, -0.1) is 5.10 Å². The third-order valence-corrected chi connectivity index (χ3v) is 3.02. The molecular formula is C16H15N3O2. The lowest BCUT2D eigenvalue weighted by atomic mass is 10.2. The topological polar surface area (TPSA) is 57.0 Å². The van der Waals surface area contributed by atoms with E-state index in [0.29, 0.717) is 16.6 Å². The smallest absolute Gasteiger partial charge is 0.280 e. The quantitative estimate of drug-likeness (QED) is 0.740. The largest absolute Gasteiger partial charge is 0.491 e. The number of hydrogen-bond donors (Lipinski definition) is 0. The third kappa shape index (κ3) is 2.63. The summed E-state index contributed by atoms with van der Waals surface area (Å²) in [5.41, 5.74) is 1.94. The lowest BCUT2D eigenvalue weighted by molar-refractivity contribution is 0.0948. The van der Waals surface area contributed by atoms with Gasteiger partial charge in [0, 0.05) is 5.56 Å². The van der Waals surface area contributed by atoms with E-state index in [0.717, 1.165) is 5.75 Å². The first-order valence-corrected chi connectivity index (χ1v) is 6.77. The molecule has 0 radical (unpaired) electrons. The van der Waals surface area contributed by atoms with E-state index in [-0.39, 0.29) is 12.0 Å². The van der Waals surface area contributed by atoms with Gasteiger partial charge in [0.1, 0.15) is 11.3 Å². The van der Waals surface area contributed by atoms with Crippen LogP contribution in [0.4, 0.5) is 0 Å². The average molecular weight is 281 g/mol. The van der Waals surface area contributed by atoms with Crippen molar-refractivity contribution in [3.05, 3.63) is 54.1 Å². The number of aromatic nitrogens is 3. The maximum atomic E-state index is 12.5. The fourth-order valence-electron chi connectivity index (χ4n) is 2.09. The summed E-state index contributed by atoms with van der Waals surface area (Å²) in [5.74, 6) is 0.532. The molecular weight excluding hydrogens is 266 g/mol. The first kappa shape index (κ1) is 13.3. The van der Waals surface area contributed by atoms with Crippen LogP contribution in [-0.4, -0.2) is 27.0 Å². The van der Waals surface area contributed by atoms with Crippen LogP contribution < -0.4 is 4.74 Å². The Bertz CT molecular complexity index is 776. The molecule has 0 bridgehead atoms. The van der Waals surface area contributed by atoms with Gasteiger partial charge in [0.25, 0.3) is 5.91 Å². The molecule has 0 fully saturated rings. The minimum Gasteiger partial charge on any atom is -0.491 e. The molecule has 0 spiro atoms. The summed E-state index contributed by atoms with van der Waals surface area (Å²) in [6.45, 7) is 3.92. The number of ether oxygens (including phenoxy) is 1. The van der Waals surface area contributed by atoms with Crippen molar-refractivity contribution in [1.29, 1.82) is 0 Å². The Hall–Kier alpha value is -2.69. The van der Waals surface area contributed by atoms with Crippen LogP contribution in [0, 0.1) is 0 Å². The van der Waals surface area contributed by atoms with E-state index in [1.807, 2.05) is 38.1 Å². The Kier molecular flexibility index (Phi) is 3.39. The predicted molar refractivity (Wildman–Crippen MR) is 79.5 cm³/mol. The second-order valence-corrected chi connectivity index (χ2v) is 4.99. The predicted octanol–water partition coefficient (Wildman–Crippen LogP) is 2.91. The van der Waals surface area contributed by atoms with Crippen LogP contribution >= 0.6 is 0 Å². The highest BCUT2D eigenvalue weighted by Gasteiger charge is 2.13. The number of para-hydroxylation sites is 1. The van der Waals surface area contributed by atoms with Gasteiger partial charge in [-0.25, -0.2) is 0 Å². The molecule has 0 atom stereocenters. The Balaban J connectivity index is 1.91. The van der Waals surface area contributed by atoms with Crippen LogP contribution in [0.1, 0.15) is 24.2 Å². The zero-order valence-corrected chi connectivity index (χ0v) is 11.9. The molecule has 3 rings (SSSR count). The zero-order chi connectivity index (χ0) is 14.8. The number of carbonyl (C=O) groups is 1. The van der Waals surface area contributed by atoms with E-state index < -0.39 is 0 Å². The minimum absolute atomic E-state index is 0.103. The number of carbonyl (C=O) groups excluding carboxylic acids is 1. The molecule has 0 aliphatic rings. The molecule has 0 unspecified atom stereocenters. The van der Waals surface area contributed by atoms with Crippen molar-refractivity contribution in [2.45, 2.75) is 20.0 Å². The molecule has 1 heterocycles. The van der Waals surface area contributed by atoms with Gasteiger partial charge in [0.2, 0.25) is 0 Å². The van der Waals surface area contributed by atoms with Crippen molar-refractivity contribution < 1.29 is 9.53 Å². The summed E-state index contributed by atoms with van der Waals surface area (Å²) in [6.07, 6.45) is 0.103. The third-order valence-electron chi connectivity index (χ3n) is 3.02. The maximum Gasteiger partial charge on any atom is 0.280 e. The summed E-state index contributed by atoms with van der Waals surface area (Å²) in [5, 5.41) is 7.92. The highest BCUT2D eigenvalue weighted by atomic mass is 16.5. The molecule has 0 aliphatic heterocycles. The standard InChI is InChI=1S/C16H15N3O2/c1-11(2)21-13-9-7-12(8-10-13)16(20)19-15-6-4-3-5-14(15)17-18-19/h3-11H,1-2H3. The van der Waals surface area contributed by atoms with E-state index in [4.69, 9.17) is 4.74 Å². The van der Waals surface area contributed by atoms with Crippen molar-refractivity contribution >= 4 is 16.9 Å². The lowest BCUT2D eigenvalue weighted by Crippen LogP contribution is -2.13. The van der Waals surface area contributed by atoms with Crippen LogP contribution in [0.2, 0.25) is 0 Å². The SMILES string of the molecule is CC(C)Oc1ccc(C(=O)n2nnc3ccccc32)cc1. The second-order valence-electron chi connectivity index (χ2n) is 4.99. The molecule has 2 aromatic carbocycles. The van der Waals surface area contributed by atoms with Gasteiger partial charge < -0.3 is 4.74 Å². The number of hydrogen-bond acceptors (Lipinski definition) is 4. The molecule has 0 N–H and O–H groups in total. The molecule has 0 aliphatic carbocycles. The fourth-order valence-corrected chi connectivity index (χ4v) is 2.09. The van der Waals surface area contributed by atoms with E-state index in [9.17, 15) is 4.79 Å². The Morgan fingerprint density at radius 3 is 2.52 bits per heavy atom. The highest BCUT2D eigenvalue weighted by molar-refractivity contribution is 6.00. The number of benzene rings is 2. The highest BCUT2D eigenvalue weighted by Crippen LogP contribution is 2.16. The Morgan fingerprint density at radius 2 is 1.81 bits per heavy atom. The maximum absolute atomic E-state index is 12.5. The van der Waals surface area contributed by atoms with Gasteiger partial charge in [-0.05, 0) is 50.2 Å². The molecule has 5 heteroatoms. The molecule has 3 aromatic rings. The molecule has 0 saturated heterocycles. The van der Waals surface area contributed by atoms with Gasteiger partial charge in [0.15, 0.2) is 0 Å². The van der Waals surface area contributed by atoms with Gasteiger partial charge in [-0.3, -0.25) is 4.79 Å². The van der Waals surface area contributed by atoms with E-state index in [1.165, 1.54) is 4.68 Å². The van der Waals surface area contributed by atoms with Gasteiger partial charge in [-0.1, -0.05) is 17.3 Å². The molecule has 0 saturated carbocycles. The summed E-state index contributed by atoms with van der Waals surface area (Å²) < 4.78 is 6.88. The number of fused-ring (bicyclic) bond motifs is 1. The molecule has 21 heavy (non-hydrogen) atoms. The summed E-state index contributed by atoms with van der Waals surface area (Å²) in [6, 6.07) is 14.4. The second kappa shape index (κ2) is 5.36.